The van der Waals surface area contributed by atoms with Crippen molar-refractivity contribution in [3.05, 3.63) is 30.1 Å². The molecule has 1 aliphatic heterocycles. The third kappa shape index (κ3) is 2.05. The van der Waals surface area contributed by atoms with Gasteiger partial charge in [0.1, 0.15) is 0 Å². The highest BCUT2D eigenvalue weighted by atomic mass is 35.5. The van der Waals surface area contributed by atoms with Crippen LogP contribution in [0.3, 0.4) is 0 Å². The van der Waals surface area contributed by atoms with E-state index in [0.717, 1.165) is 13.0 Å². The molecule has 1 aromatic rings. The summed E-state index contributed by atoms with van der Waals surface area (Å²) in [5, 5.41) is 0. The number of rotatable bonds is 2. The van der Waals surface area contributed by atoms with Gasteiger partial charge in [-0.25, -0.2) is 0 Å². The number of halogens is 1. The van der Waals surface area contributed by atoms with Crippen molar-refractivity contribution in [2.24, 2.45) is 5.92 Å². The monoisotopic (exact) mass is 238 g/mol. The molecule has 0 aromatic carbocycles. The van der Waals surface area contributed by atoms with Crippen molar-refractivity contribution >= 4 is 17.5 Å². The van der Waals surface area contributed by atoms with Crippen LogP contribution in [0.4, 0.5) is 0 Å². The quantitative estimate of drug-likeness (QED) is 0.740. The maximum absolute atomic E-state index is 12.2. The van der Waals surface area contributed by atoms with Crippen LogP contribution in [0.25, 0.3) is 0 Å². The van der Waals surface area contributed by atoms with Gasteiger partial charge in [-0.05, 0) is 24.5 Å². The third-order valence-corrected chi connectivity index (χ3v) is 3.53. The molecule has 4 heteroatoms. The van der Waals surface area contributed by atoms with Gasteiger partial charge < -0.3 is 4.90 Å². The number of hydrogen-bond donors (Lipinski definition) is 0. The van der Waals surface area contributed by atoms with E-state index in [1.807, 2.05) is 4.90 Å². The average molecular weight is 239 g/mol. The zero-order chi connectivity index (χ0) is 11.5. The first-order chi connectivity index (χ1) is 7.74. The number of carbonyl (C=O) groups excluding carboxylic acids is 1. The molecular weight excluding hydrogens is 224 g/mol. The predicted molar refractivity (Wildman–Crippen MR) is 63.6 cm³/mol. The SMILES string of the molecule is CC1CCN(C(=O)c2cccnc2)C1CCl. The third-order valence-electron chi connectivity index (χ3n) is 3.21. The molecule has 2 unspecified atom stereocenters. The van der Waals surface area contributed by atoms with Crippen molar-refractivity contribution < 1.29 is 4.79 Å². The van der Waals surface area contributed by atoms with Gasteiger partial charge in [0, 0.05) is 30.9 Å². The number of nitrogens with zero attached hydrogens (tertiary/aromatic N) is 2. The molecule has 1 aromatic heterocycles. The number of aromatic nitrogens is 1. The molecule has 2 heterocycles. The Morgan fingerprint density at radius 3 is 3.12 bits per heavy atom. The first kappa shape index (κ1) is 11.4. The second-order valence-corrected chi connectivity index (χ2v) is 4.54. The van der Waals surface area contributed by atoms with Gasteiger partial charge in [0.15, 0.2) is 0 Å². The highest BCUT2D eigenvalue weighted by Gasteiger charge is 2.34. The van der Waals surface area contributed by atoms with Crippen molar-refractivity contribution in [3.8, 4) is 0 Å². The Morgan fingerprint density at radius 1 is 1.69 bits per heavy atom. The summed E-state index contributed by atoms with van der Waals surface area (Å²) < 4.78 is 0. The van der Waals surface area contributed by atoms with Crippen LogP contribution in [-0.4, -0.2) is 34.3 Å². The fourth-order valence-corrected chi connectivity index (χ4v) is 2.62. The zero-order valence-electron chi connectivity index (χ0n) is 9.27. The van der Waals surface area contributed by atoms with Crippen LogP contribution in [0.15, 0.2) is 24.5 Å². The molecule has 0 saturated carbocycles. The van der Waals surface area contributed by atoms with E-state index in [2.05, 4.69) is 11.9 Å². The van der Waals surface area contributed by atoms with E-state index in [-0.39, 0.29) is 11.9 Å². The summed E-state index contributed by atoms with van der Waals surface area (Å²) in [5.41, 5.74) is 0.645. The molecule has 86 valence electrons. The molecule has 3 nitrogen and oxygen atoms in total. The fraction of sp³-hybridized carbons (Fsp3) is 0.500. The number of hydrogen-bond acceptors (Lipinski definition) is 2. The Labute approximate surface area is 100 Å². The standard InChI is InChI=1S/C12H15ClN2O/c1-9-4-6-15(11(9)7-13)12(16)10-3-2-5-14-8-10/h2-3,5,8-9,11H,4,6-7H2,1H3. The molecule has 1 saturated heterocycles. The van der Waals surface area contributed by atoms with Gasteiger partial charge >= 0.3 is 0 Å². The summed E-state index contributed by atoms with van der Waals surface area (Å²) in [6.45, 7) is 2.94. The van der Waals surface area contributed by atoms with Crippen molar-refractivity contribution in [2.75, 3.05) is 12.4 Å². The lowest BCUT2D eigenvalue weighted by molar-refractivity contribution is 0.0736. The number of carbonyl (C=O) groups is 1. The zero-order valence-corrected chi connectivity index (χ0v) is 10.0. The average Bonchev–Trinajstić information content (AvgIpc) is 2.70. The van der Waals surface area contributed by atoms with E-state index >= 15 is 0 Å². The van der Waals surface area contributed by atoms with Gasteiger partial charge in [-0.3, -0.25) is 9.78 Å². The molecule has 16 heavy (non-hydrogen) atoms. The first-order valence-electron chi connectivity index (χ1n) is 5.51. The number of pyridine rings is 1. The smallest absolute Gasteiger partial charge is 0.255 e. The Bertz CT molecular complexity index is 369. The summed E-state index contributed by atoms with van der Waals surface area (Å²) >= 11 is 5.92. The number of alkyl halides is 1. The summed E-state index contributed by atoms with van der Waals surface area (Å²) in [5.74, 6) is 1.04. The Hall–Kier alpha value is -1.09. The second-order valence-electron chi connectivity index (χ2n) is 4.23. The molecule has 0 radical (unpaired) electrons. The van der Waals surface area contributed by atoms with Crippen molar-refractivity contribution in [2.45, 2.75) is 19.4 Å². The lowest BCUT2D eigenvalue weighted by Crippen LogP contribution is -2.38. The molecule has 0 bridgehead atoms. The largest absolute Gasteiger partial charge is 0.334 e. The van der Waals surface area contributed by atoms with E-state index in [0.29, 0.717) is 17.4 Å². The van der Waals surface area contributed by atoms with Gasteiger partial charge in [-0.2, -0.15) is 0 Å². The van der Waals surface area contributed by atoms with E-state index in [1.54, 1.807) is 24.5 Å². The van der Waals surface area contributed by atoms with E-state index in [4.69, 9.17) is 11.6 Å². The Balaban J connectivity index is 2.17. The van der Waals surface area contributed by atoms with Crippen LogP contribution in [0.2, 0.25) is 0 Å². The molecule has 1 amide bonds. The normalized spacial score (nSPS) is 24.8. The van der Waals surface area contributed by atoms with Crippen LogP contribution in [0, 0.1) is 5.92 Å². The highest BCUT2D eigenvalue weighted by molar-refractivity contribution is 6.18. The summed E-state index contributed by atoms with van der Waals surface area (Å²) in [7, 11) is 0. The molecule has 0 spiro atoms. The predicted octanol–water partition coefficient (Wildman–Crippen LogP) is 2.17. The van der Waals surface area contributed by atoms with Gasteiger partial charge in [0.25, 0.3) is 5.91 Å². The molecular formula is C12H15ClN2O. The fourth-order valence-electron chi connectivity index (χ4n) is 2.15. The first-order valence-corrected chi connectivity index (χ1v) is 6.04. The van der Waals surface area contributed by atoms with Crippen LogP contribution >= 0.6 is 11.6 Å². The van der Waals surface area contributed by atoms with Crippen LogP contribution < -0.4 is 0 Å². The van der Waals surface area contributed by atoms with Crippen LogP contribution in [0.1, 0.15) is 23.7 Å². The minimum Gasteiger partial charge on any atom is -0.334 e. The minimum absolute atomic E-state index is 0.0445. The molecule has 2 rings (SSSR count). The summed E-state index contributed by atoms with van der Waals surface area (Å²) in [6, 6.07) is 3.74. The van der Waals surface area contributed by atoms with E-state index < -0.39 is 0 Å². The Morgan fingerprint density at radius 2 is 2.50 bits per heavy atom. The highest BCUT2D eigenvalue weighted by Crippen LogP contribution is 2.26. The van der Waals surface area contributed by atoms with E-state index in [1.165, 1.54) is 0 Å². The maximum atomic E-state index is 12.2. The van der Waals surface area contributed by atoms with E-state index in [9.17, 15) is 4.79 Å². The molecule has 1 aliphatic rings. The number of amides is 1. The maximum Gasteiger partial charge on any atom is 0.255 e. The van der Waals surface area contributed by atoms with Crippen LogP contribution in [-0.2, 0) is 0 Å². The summed E-state index contributed by atoms with van der Waals surface area (Å²) in [4.78, 5) is 18.0. The van der Waals surface area contributed by atoms with Gasteiger partial charge in [0.05, 0.1) is 5.56 Å². The molecule has 1 fully saturated rings. The Kier molecular flexibility index (Phi) is 3.44. The molecule has 0 N–H and O–H groups in total. The number of likely N-dealkylation sites (tertiary alicyclic amines) is 1. The van der Waals surface area contributed by atoms with Crippen LogP contribution in [0.5, 0.6) is 0 Å². The lowest BCUT2D eigenvalue weighted by Gasteiger charge is -2.25. The van der Waals surface area contributed by atoms with Gasteiger partial charge in [0.2, 0.25) is 0 Å². The summed E-state index contributed by atoms with van der Waals surface area (Å²) in [6.07, 6.45) is 4.31. The van der Waals surface area contributed by atoms with Crippen molar-refractivity contribution in [3.63, 3.8) is 0 Å². The second kappa shape index (κ2) is 4.83. The lowest BCUT2D eigenvalue weighted by atomic mass is 10.0. The minimum atomic E-state index is 0.0445. The van der Waals surface area contributed by atoms with Crippen molar-refractivity contribution in [1.82, 2.24) is 9.88 Å². The molecule has 2 atom stereocenters. The topological polar surface area (TPSA) is 33.2 Å². The van der Waals surface area contributed by atoms with Crippen molar-refractivity contribution in [1.29, 1.82) is 0 Å². The molecule has 0 aliphatic carbocycles. The van der Waals surface area contributed by atoms with Gasteiger partial charge in [-0.15, -0.1) is 11.6 Å². The van der Waals surface area contributed by atoms with Gasteiger partial charge in [-0.1, -0.05) is 6.92 Å².